The molecule has 1 amide bonds. The second-order valence-electron chi connectivity index (χ2n) is 5.30. The van der Waals surface area contributed by atoms with Crippen LogP contribution in [0.2, 0.25) is 0 Å². The molecule has 1 aliphatic rings. The van der Waals surface area contributed by atoms with Gasteiger partial charge in [0.2, 0.25) is 0 Å². The number of nitrogens with one attached hydrogen (secondary N) is 1. The lowest BCUT2D eigenvalue weighted by atomic mass is 9.91. The van der Waals surface area contributed by atoms with E-state index in [4.69, 9.17) is 10.2 Å². The molecule has 2 atom stereocenters. The minimum absolute atomic E-state index is 0.0452. The fourth-order valence-corrected chi connectivity index (χ4v) is 3.18. The van der Waals surface area contributed by atoms with Crippen LogP contribution in [0.1, 0.15) is 36.2 Å². The summed E-state index contributed by atoms with van der Waals surface area (Å²) in [6, 6.07) is 7.60. The Labute approximate surface area is 125 Å². The summed E-state index contributed by atoms with van der Waals surface area (Å²) in [5.41, 5.74) is 6.75. The predicted molar refractivity (Wildman–Crippen MR) is 81.6 cm³/mol. The molecule has 1 fully saturated rings. The minimum atomic E-state index is -0.185. The van der Waals surface area contributed by atoms with Gasteiger partial charge in [0.15, 0.2) is 5.76 Å². The Bertz CT molecular complexity index is 638. The van der Waals surface area contributed by atoms with Crippen LogP contribution >= 0.6 is 15.9 Å². The number of rotatable bonds is 2. The summed E-state index contributed by atoms with van der Waals surface area (Å²) in [6.45, 7) is 0. The zero-order valence-electron chi connectivity index (χ0n) is 11.1. The van der Waals surface area contributed by atoms with Crippen molar-refractivity contribution < 1.29 is 9.21 Å². The SMILES string of the molecule is N[C@@H]1CCCC[C@H]1NC(=O)c1cc2cccc(Br)c2o1. The first-order chi connectivity index (χ1) is 9.65. The van der Waals surface area contributed by atoms with Crippen LogP contribution in [0.5, 0.6) is 0 Å². The predicted octanol–water partition coefficient (Wildman–Crippen LogP) is 3.20. The summed E-state index contributed by atoms with van der Waals surface area (Å²) >= 11 is 3.42. The second kappa shape index (κ2) is 5.58. The molecule has 3 N–H and O–H groups in total. The van der Waals surface area contributed by atoms with Crippen LogP contribution in [0.4, 0.5) is 0 Å². The van der Waals surface area contributed by atoms with E-state index >= 15 is 0 Å². The Kier molecular flexibility index (Phi) is 3.81. The van der Waals surface area contributed by atoms with Gasteiger partial charge in [-0.25, -0.2) is 0 Å². The van der Waals surface area contributed by atoms with Crippen LogP contribution in [-0.4, -0.2) is 18.0 Å². The maximum Gasteiger partial charge on any atom is 0.287 e. The monoisotopic (exact) mass is 336 g/mol. The normalized spacial score (nSPS) is 22.9. The molecular formula is C15H17BrN2O2. The van der Waals surface area contributed by atoms with E-state index in [0.29, 0.717) is 11.3 Å². The Morgan fingerprint density at radius 3 is 2.90 bits per heavy atom. The number of furan rings is 1. The molecule has 1 aromatic carbocycles. The van der Waals surface area contributed by atoms with Crippen molar-refractivity contribution in [3.8, 4) is 0 Å². The first kappa shape index (κ1) is 13.6. The van der Waals surface area contributed by atoms with Crippen molar-refractivity contribution in [1.82, 2.24) is 5.32 Å². The number of carbonyl (C=O) groups excluding carboxylic acids is 1. The standard InChI is InChI=1S/C15H17BrN2O2/c16-10-5-3-4-9-8-13(20-14(9)10)15(19)18-12-7-2-1-6-11(12)17/h3-5,8,11-12H,1-2,6-7,17H2,(H,18,19)/t11-,12-/m1/s1. The molecule has 1 heterocycles. The number of hydrogen-bond acceptors (Lipinski definition) is 3. The minimum Gasteiger partial charge on any atom is -0.450 e. The first-order valence-electron chi connectivity index (χ1n) is 6.89. The number of nitrogens with two attached hydrogens (primary N) is 1. The molecule has 0 spiro atoms. The summed E-state index contributed by atoms with van der Waals surface area (Å²) in [5, 5.41) is 3.91. The van der Waals surface area contributed by atoms with Crippen LogP contribution in [0, 0.1) is 0 Å². The topological polar surface area (TPSA) is 68.3 Å². The summed E-state index contributed by atoms with van der Waals surface area (Å²) in [4.78, 5) is 12.3. The molecule has 0 aliphatic heterocycles. The third-order valence-corrected chi connectivity index (χ3v) is 4.48. The van der Waals surface area contributed by atoms with E-state index in [1.807, 2.05) is 18.2 Å². The molecule has 0 saturated heterocycles. The summed E-state index contributed by atoms with van der Waals surface area (Å²) < 4.78 is 6.49. The van der Waals surface area contributed by atoms with Crippen LogP contribution in [-0.2, 0) is 0 Å². The van der Waals surface area contributed by atoms with Gasteiger partial charge in [0, 0.05) is 17.5 Å². The van der Waals surface area contributed by atoms with Crippen LogP contribution in [0.3, 0.4) is 0 Å². The van der Waals surface area contributed by atoms with Crippen molar-refractivity contribution in [2.24, 2.45) is 5.73 Å². The Hall–Kier alpha value is -1.33. The van der Waals surface area contributed by atoms with Gasteiger partial charge in [-0.2, -0.15) is 0 Å². The smallest absolute Gasteiger partial charge is 0.287 e. The Morgan fingerprint density at radius 1 is 1.35 bits per heavy atom. The van der Waals surface area contributed by atoms with E-state index in [0.717, 1.165) is 35.5 Å². The van der Waals surface area contributed by atoms with Crippen LogP contribution in [0.15, 0.2) is 33.2 Å². The molecule has 1 aliphatic carbocycles. The van der Waals surface area contributed by atoms with Gasteiger partial charge >= 0.3 is 0 Å². The van der Waals surface area contributed by atoms with Crippen LogP contribution < -0.4 is 11.1 Å². The highest BCUT2D eigenvalue weighted by Gasteiger charge is 2.25. The maximum atomic E-state index is 12.3. The van der Waals surface area contributed by atoms with Gasteiger partial charge in [-0.1, -0.05) is 25.0 Å². The molecule has 0 unspecified atom stereocenters. The molecule has 1 saturated carbocycles. The zero-order chi connectivity index (χ0) is 14.1. The van der Waals surface area contributed by atoms with Crippen molar-refractivity contribution in [2.75, 3.05) is 0 Å². The van der Waals surface area contributed by atoms with Crippen molar-refractivity contribution in [3.05, 3.63) is 34.5 Å². The second-order valence-corrected chi connectivity index (χ2v) is 6.15. The lowest BCUT2D eigenvalue weighted by Gasteiger charge is -2.28. The average Bonchev–Trinajstić information content (AvgIpc) is 2.87. The largest absolute Gasteiger partial charge is 0.450 e. The molecule has 3 rings (SSSR count). The molecule has 1 aromatic heterocycles. The molecule has 2 aromatic rings. The van der Waals surface area contributed by atoms with E-state index in [2.05, 4.69) is 21.2 Å². The van der Waals surface area contributed by atoms with Crippen LogP contribution in [0.25, 0.3) is 11.0 Å². The quantitative estimate of drug-likeness (QED) is 0.884. The van der Waals surface area contributed by atoms with E-state index in [1.54, 1.807) is 6.07 Å². The van der Waals surface area contributed by atoms with E-state index in [1.165, 1.54) is 0 Å². The fraction of sp³-hybridized carbons (Fsp3) is 0.400. The number of fused-ring (bicyclic) bond motifs is 1. The summed E-state index contributed by atoms with van der Waals surface area (Å²) in [7, 11) is 0. The fourth-order valence-electron chi connectivity index (χ4n) is 2.72. The van der Waals surface area contributed by atoms with Crippen molar-refractivity contribution >= 4 is 32.8 Å². The summed E-state index contributed by atoms with van der Waals surface area (Å²) in [6.07, 6.45) is 4.17. The number of carbonyl (C=O) groups is 1. The lowest BCUT2D eigenvalue weighted by molar-refractivity contribution is 0.0895. The van der Waals surface area contributed by atoms with E-state index in [-0.39, 0.29) is 18.0 Å². The molecule has 5 heteroatoms. The number of para-hydroxylation sites is 1. The highest BCUT2D eigenvalue weighted by molar-refractivity contribution is 9.10. The highest BCUT2D eigenvalue weighted by atomic mass is 79.9. The van der Waals surface area contributed by atoms with E-state index in [9.17, 15) is 4.79 Å². The molecule has 0 radical (unpaired) electrons. The van der Waals surface area contributed by atoms with Gasteiger partial charge < -0.3 is 15.5 Å². The average molecular weight is 337 g/mol. The van der Waals surface area contributed by atoms with Gasteiger partial charge in [0.25, 0.3) is 5.91 Å². The van der Waals surface area contributed by atoms with Crippen molar-refractivity contribution in [1.29, 1.82) is 0 Å². The lowest BCUT2D eigenvalue weighted by Crippen LogP contribution is -2.49. The number of hydrogen-bond donors (Lipinski definition) is 2. The third kappa shape index (κ3) is 2.60. The van der Waals surface area contributed by atoms with Crippen molar-refractivity contribution in [3.63, 3.8) is 0 Å². The zero-order valence-corrected chi connectivity index (χ0v) is 12.7. The van der Waals surface area contributed by atoms with Gasteiger partial charge in [-0.15, -0.1) is 0 Å². The molecule has 106 valence electrons. The van der Waals surface area contributed by atoms with Gasteiger partial charge in [-0.05, 0) is 40.9 Å². The van der Waals surface area contributed by atoms with Gasteiger partial charge in [0.05, 0.1) is 4.47 Å². The van der Waals surface area contributed by atoms with Gasteiger partial charge in [0.1, 0.15) is 5.58 Å². The third-order valence-electron chi connectivity index (χ3n) is 3.86. The Balaban J connectivity index is 1.80. The number of amides is 1. The first-order valence-corrected chi connectivity index (χ1v) is 7.69. The van der Waals surface area contributed by atoms with E-state index < -0.39 is 0 Å². The highest BCUT2D eigenvalue weighted by Crippen LogP contribution is 2.27. The molecule has 20 heavy (non-hydrogen) atoms. The number of benzene rings is 1. The summed E-state index contributed by atoms with van der Waals surface area (Å²) in [5.74, 6) is 0.153. The molecular weight excluding hydrogens is 320 g/mol. The van der Waals surface area contributed by atoms with Gasteiger partial charge in [-0.3, -0.25) is 4.79 Å². The molecule has 0 bridgehead atoms. The Morgan fingerprint density at radius 2 is 2.15 bits per heavy atom. The number of halogens is 1. The maximum absolute atomic E-state index is 12.3. The molecule has 4 nitrogen and oxygen atoms in total. The van der Waals surface area contributed by atoms with Crippen molar-refractivity contribution in [2.45, 2.75) is 37.8 Å².